The highest BCUT2D eigenvalue weighted by molar-refractivity contribution is 5.86. The topological polar surface area (TPSA) is 69.6 Å². The number of hydrogen-bond acceptors (Lipinski definition) is 3. The highest BCUT2D eigenvalue weighted by Crippen LogP contribution is 2.21. The number of rotatable bonds is 2. The van der Waals surface area contributed by atoms with Gasteiger partial charge in [0.2, 0.25) is 5.91 Å². The molecule has 0 radical (unpaired) electrons. The number of carbonyl (C=O) groups excluding carboxylic acids is 1. The Morgan fingerprint density at radius 3 is 2.57 bits per heavy atom. The molecule has 1 atom stereocenters. The summed E-state index contributed by atoms with van der Waals surface area (Å²) in [6.07, 6.45) is 1.41. The van der Waals surface area contributed by atoms with Crippen molar-refractivity contribution in [1.82, 2.24) is 10.2 Å². The van der Waals surface area contributed by atoms with Gasteiger partial charge in [0, 0.05) is 19.6 Å². The zero-order valence-corrected chi connectivity index (χ0v) is 7.90. The normalized spacial score (nSPS) is 27.4. The van der Waals surface area contributed by atoms with Crippen molar-refractivity contribution in [1.29, 1.82) is 0 Å². The smallest absolute Gasteiger partial charge is 0.326 e. The van der Waals surface area contributed by atoms with E-state index in [4.69, 9.17) is 5.11 Å². The van der Waals surface area contributed by atoms with Gasteiger partial charge < -0.3 is 15.3 Å². The van der Waals surface area contributed by atoms with E-state index >= 15 is 0 Å². The molecule has 2 aliphatic heterocycles. The molecule has 0 bridgehead atoms. The van der Waals surface area contributed by atoms with Crippen LogP contribution < -0.4 is 5.32 Å². The summed E-state index contributed by atoms with van der Waals surface area (Å²) in [5.74, 6) is -0.855. The van der Waals surface area contributed by atoms with Gasteiger partial charge in [-0.1, -0.05) is 0 Å². The summed E-state index contributed by atoms with van der Waals surface area (Å²) in [6, 6.07) is -0.580. The molecular formula is C9H14N2O3. The highest BCUT2D eigenvalue weighted by atomic mass is 16.4. The van der Waals surface area contributed by atoms with Crippen molar-refractivity contribution >= 4 is 11.9 Å². The molecule has 0 spiro atoms. The first-order valence-corrected chi connectivity index (χ1v) is 4.94. The molecule has 14 heavy (non-hydrogen) atoms. The van der Waals surface area contributed by atoms with E-state index in [0.717, 1.165) is 6.42 Å². The molecule has 0 aromatic carbocycles. The fourth-order valence-electron chi connectivity index (χ4n) is 1.99. The summed E-state index contributed by atoms with van der Waals surface area (Å²) in [7, 11) is 0. The molecule has 5 heteroatoms. The summed E-state index contributed by atoms with van der Waals surface area (Å²) in [5, 5.41) is 11.9. The van der Waals surface area contributed by atoms with Gasteiger partial charge in [0.05, 0.1) is 5.92 Å². The molecular weight excluding hydrogens is 184 g/mol. The molecule has 0 aromatic heterocycles. The Balaban J connectivity index is 2.01. The third-order valence-corrected chi connectivity index (χ3v) is 2.95. The van der Waals surface area contributed by atoms with Crippen LogP contribution in [0.25, 0.3) is 0 Å². The zero-order valence-electron chi connectivity index (χ0n) is 7.90. The Hall–Kier alpha value is -1.10. The standard InChI is InChI=1S/C9H14N2O3/c12-8(6-4-10-5-6)11-3-1-2-7(11)9(13)14/h6-7,10H,1-5H2,(H,13,14)/t7-/m0/s1. The van der Waals surface area contributed by atoms with Gasteiger partial charge in [-0.2, -0.15) is 0 Å². The second-order valence-electron chi connectivity index (χ2n) is 3.88. The fraction of sp³-hybridized carbons (Fsp3) is 0.778. The Bertz CT molecular complexity index is 263. The van der Waals surface area contributed by atoms with Gasteiger partial charge in [-0.15, -0.1) is 0 Å². The van der Waals surface area contributed by atoms with Crippen molar-refractivity contribution in [3.05, 3.63) is 0 Å². The predicted molar refractivity (Wildman–Crippen MR) is 48.7 cm³/mol. The van der Waals surface area contributed by atoms with Crippen molar-refractivity contribution in [2.24, 2.45) is 5.92 Å². The molecule has 1 amide bonds. The maximum atomic E-state index is 11.8. The minimum Gasteiger partial charge on any atom is -0.480 e. The maximum absolute atomic E-state index is 11.8. The number of carboxylic acid groups (broad SMARTS) is 1. The highest BCUT2D eigenvalue weighted by Gasteiger charge is 2.38. The quantitative estimate of drug-likeness (QED) is 0.614. The first kappa shape index (κ1) is 9.45. The zero-order chi connectivity index (χ0) is 10.1. The van der Waals surface area contributed by atoms with Gasteiger partial charge >= 0.3 is 5.97 Å². The van der Waals surface area contributed by atoms with E-state index in [1.165, 1.54) is 4.90 Å². The van der Waals surface area contributed by atoms with Gasteiger partial charge in [0.25, 0.3) is 0 Å². The first-order chi connectivity index (χ1) is 6.70. The molecule has 2 aliphatic rings. The second-order valence-corrected chi connectivity index (χ2v) is 3.88. The van der Waals surface area contributed by atoms with E-state index in [9.17, 15) is 9.59 Å². The summed E-state index contributed by atoms with van der Waals surface area (Å²) in [5.41, 5.74) is 0. The van der Waals surface area contributed by atoms with Crippen LogP contribution in [0.1, 0.15) is 12.8 Å². The van der Waals surface area contributed by atoms with E-state index in [0.29, 0.717) is 26.1 Å². The van der Waals surface area contributed by atoms with Crippen LogP contribution in [0.2, 0.25) is 0 Å². The van der Waals surface area contributed by atoms with Gasteiger partial charge in [0.15, 0.2) is 0 Å². The molecule has 5 nitrogen and oxygen atoms in total. The summed E-state index contributed by atoms with van der Waals surface area (Å²) < 4.78 is 0. The lowest BCUT2D eigenvalue weighted by Crippen LogP contribution is -2.54. The second kappa shape index (κ2) is 3.57. The minimum absolute atomic E-state index is 0.00801. The van der Waals surface area contributed by atoms with Crippen LogP contribution in [-0.4, -0.2) is 47.6 Å². The molecule has 0 unspecified atom stereocenters. The van der Waals surface area contributed by atoms with E-state index in [2.05, 4.69) is 5.32 Å². The Kier molecular flexibility index (Phi) is 2.41. The van der Waals surface area contributed by atoms with Crippen LogP contribution in [0.15, 0.2) is 0 Å². The number of amides is 1. The molecule has 0 saturated carbocycles. The van der Waals surface area contributed by atoms with Crippen LogP contribution in [0.4, 0.5) is 0 Å². The van der Waals surface area contributed by atoms with Crippen molar-refractivity contribution < 1.29 is 14.7 Å². The SMILES string of the molecule is O=C(O)[C@@H]1CCCN1C(=O)C1CNC1. The first-order valence-electron chi connectivity index (χ1n) is 4.94. The van der Waals surface area contributed by atoms with E-state index < -0.39 is 12.0 Å². The average molecular weight is 198 g/mol. The predicted octanol–water partition coefficient (Wildman–Crippen LogP) is -0.719. The molecule has 2 fully saturated rings. The van der Waals surface area contributed by atoms with Crippen LogP contribution in [0, 0.1) is 5.92 Å². The largest absolute Gasteiger partial charge is 0.480 e. The molecule has 2 heterocycles. The lowest BCUT2D eigenvalue weighted by Gasteiger charge is -2.32. The summed E-state index contributed by atoms with van der Waals surface area (Å²) in [4.78, 5) is 24.1. The average Bonchev–Trinajstić information content (AvgIpc) is 2.47. The lowest BCUT2D eigenvalue weighted by atomic mass is 10.0. The summed E-state index contributed by atoms with van der Waals surface area (Å²) in [6.45, 7) is 2.00. The van der Waals surface area contributed by atoms with E-state index in [1.807, 2.05) is 0 Å². The third-order valence-electron chi connectivity index (χ3n) is 2.95. The van der Waals surface area contributed by atoms with Crippen LogP contribution in [-0.2, 0) is 9.59 Å². The number of nitrogens with one attached hydrogen (secondary N) is 1. The molecule has 2 rings (SSSR count). The Morgan fingerprint density at radius 1 is 1.36 bits per heavy atom. The third kappa shape index (κ3) is 1.48. The number of carboxylic acids is 1. The fourth-order valence-corrected chi connectivity index (χ4v) is 1.99. The van der Waals surface area contributed by atoms with Gasteiger partial charge in [-0.05, 0) is 12.8 Å². The van der Waals surface area contributed by atoms with Crippen LogP contribution in [0.3, 0.4) is 0 Å². The Morgan fingerprint density at radius 2 is 2.07 bits per heavy atom. The number of aliphatic carboxylic acids is 1. The molecule has 0 aromatic rings. The number of hydrogen-bond donors (Lipinski definition) is 2. The van der Waals surface area contributed by atoms with Crippen molar-refractivity contribution in [2.75, 3.05) is 19.6 Å². The number of likely N-dealkylation sites (tertiary alicyclic amines) is 1. The monoisotopic (exact) mass is 198 g/mol. The molecule has 2 N–H and O–H groups in total. The molecule has 78 valence electrons. The van der Waals surface area contributed by atoms with Crippen LogP contribution in [0.5, 0.6) is 0 Å². The minimum atomic E-state index is -0.872. The Labute approximate surface area is 82.1 Å². The van der Waals surface area contributed by atoms with Gasteiger partial charge in [-0.25, -0.2) is 4.79 Å². The van der Waals surface area contributed by atoms with E-state index in [-0.39, 0.29) is 11.8 Å². The number of carbonyl (C=O) groups is 2. The van der Waals surface area contributed by atoms with Gasteiger partial charge in [0.1, 0.15) is 6.04 Å². The molecule has 2 saturated heterocycles. The van der Waals surface area contributed by atoms with Crippen molar-refractivity contribution in [2.45, 2.75) is 18.9 Å². The molecule has 0 aliphatic carbocycles. The van der Waals surface area contributed by atoms with Crippen molar-refractivity contribution in [3.63, 3.8) is 0 Å². The van der Waals surface area contributed by atoms with Crippen LogP contribution >= 0.6 is 0 Å². The van der Waals surface area contributed by atoms with Gasteiger partial charge in [-0.3, -0.25) is 4.79 Å². The lowest BCUT2D eigenvalue weighted by molar-refractivity contribution is -0.150. The van der Waals surface area contributed by atoms with Crippen molar-refractivity contribution in [3.8, 4) is 0 Å². The summed E-state index contributed by atoms with van der Waals surface area (Å²) >= 11 is 0. The number of nitrogens with zero attached hydrogens (tertiary/aromatic N) is 1. The maximum Gasteiger partial charge on any atom is 0.326 e. The van der Waals surface area contributed by atoms with E-state index in [1.54, 1.807) is 0 Å².